The summed E-state index contributed by atoms with van der Waals surface area (Å²) in [5.74, 6) is 0. The fraction of sp³-hybridized carbons (Fsp3) is 0.533. The van der Waals surface area contributed by atoms with Crippen LogP contribution in [0.25, 0.3) is 0 Å². The Hall–Kier alpha value is -1.51. The van der Waals surface area contributed by atoms with Gasteiger partial charge in [-0.25, -0.2) is 4.79 Å². The van der Waals surface area contributed by atoms with Crippen molar-refractivity contribution in [3.63, 3.8) is 0 Å². The maximum Gasteiger partial charge on any atom is 0.410 e. The van der Waals surface area contributed by atoms with Gasteiger partial charge in [-0.3, -0.25) is 0 Å². The number of hydrogen-bond donors (Lipinski definition) is 0. The molecule has 0 N–H and O–H groups in total. The summed E-state index contributed by atoms with van der Waals surface area (Å²) in [6.07, 6.45) is 3.19. The van der Waals surface area contributed by atoms with Gasteiger partial charge in [0.15, 0.2) is 0 Å². The summed E-state index contributed by atoms with van der Waals surface area (Å²) in [7, 11) is 0. The van der Waals surface area contributed by atoms with Gasteiger partial charge in [0.05, 0.1) is 0 Å². The predicted octanol–water partition coefficient (Wildman–Crippen LogP) is 3.54. The molecule has 1 aromatic carbocycles. The van der Waals surface area contributed by atoms with Crippen molar-refractivity contribution in [2.75, 3.05) is 13.1 Å². The van der Waals surface area contributed by atoms with Gasteiger partial charge < -0.3 is 9.64 Å². The van der Waals surface area contributed by atoms with E-state index in [4.69, 9.17) is 4.74 Å². The van der Waals surface area contributed by atoms with Crippen LogP contribution in [0.4, 0.5) is 4.79 Å². The van der Waals surface area contributed by atoms with Crippen molar-refractivity contribution in [1.82, 2.24) is 4.90 Å². The smallest absolute Gasteiger partial charge is 0.410 e. The van der Waals surface area contributed by atoms with Gasteiger partial charge in [-0.05, 0) is 38.7 Å². The van der Waals surface area contributed by atoms with Crippen molar-refractivity contribution in [3.8, 4) is 0 Å². The van der Waals surface area contributed by atoms with Crippen LogP contribution in [-0.4, -0.2) is 24.1 Å². The number of benzene rings is 1. The van der Waals surface area contributed by atoms with Gasteiger partial charge in [0.1, 0.15) is 5.60 Å². The second-order valence-corrected chi connectivity index (χ2v) is 5.29. The van der Waals surface area contributed by atoms with E-state index in [1.54, 1.807) is 0 Å². The highest BCUT2D eigenvalue weighted by Gasteiger charge is 2.28. The summed E-state index contributed by atoms with van der Waals surface area (Å²) < 4.78 is 5.65. The third-order valence-corrected chi connectivity index (χ3v) is 3.43. The number of carbonyl (C=O) groups excluding carboxylic acids is 1. The van der Waals surface area contributed by atoms with E-state index in [1.165, 1.54) is 6.42 Å². The minimum absolute atomic E-state index is 0.191. The molecule has 1 amide bonds. The molecule has 3 nitrogen and oxygen atoms in total. The van der Waals surface area contributed by atoms with E-state index in [9.17, 15) is 4.79 Å². The molecular formula is C15H21NO2. The second kappa shape index (κ2) is 5.42. The molecule has 0 saturated carbocycles. The molecule has 0 atom stereocenters. The van der Waals surface area contributed by atoms with Crippen LogP contribution in [-0.2, 0) is 10.3 Å². The molecule has 1 fully saturated rings. The number of rotatable bonds is 2. The number of ether oxygens (including phenoxy) is 1. The molecule has 0 aromatic heterocycles. The van der Waals surface area contributed by atoms with Crippen molar-refractivity contribution in [1.29, 1.82) is 0 Å². The zero-order valence-corrected chi connectivity index (χ0v) is 11.2. The third-order valence-electron chi connectivity index (χ3n) is 3.43. The molecule has 1 heterocycles. The first kappa shape index (κ1) is 12.9. The molecule has 3 heteroatoms. The lowest BCUT2D eigenvalue weighted by Gasteiger charge is -2.32. The average molecular weight is 247 g/mol. The Balaban J connectivity index is 2.01. The normalized spacial score (nSPS) is 16.4. The molecule has 2 rings (SSSR count). The lowest BCUT2D eigenvalue weighted by molar-refractivity contribution is 0.00781. The fourth-order valence-electron chi connectivity index (χ4n) is 2.26. The zero-order chi connectivity index (χ0) is 13.0. The Labute approximate surface area is 109 Å². The Bertz CT molecular complexity index is 394. The predicted molar refractivity (Wildman–Crippen MR) is 71.4 cm³/mol. The highest BCUT2D eigenvalue weighted by molar-refractivity contribution is 5.68. The lowest BCUT2D eigenvalue weighted by atomic mass is 9.98. The maximum atomic E-state index is 12.1. The van der Waals surface area contributed by atoms with Gasteiger partial charge >= 0.3 is 6.09 Å². The van der Waals surface area contributed by atoms with E-state index >= 15 is 0 Å². The first-order chi connectivity index (χ1) is 8.59. The van der Waals surface area contributed by atoms with E-state index in [2.05, 4.69) is 0 Å². The Kier molecular flexibility index (Phi) is 3.90. The van der Waals surface area contributed by atoms with E-state index < -0.39 is 5.60 Å². The molecule has 1 aliphatic rings. The number of hydrogen-bond acceptors (Lipinski definition) is 2. The Morgan fingerprint density at radius 3 is 2.33 bits per heavy atom. The largest absolute Gasteiger partial charge is 0.438 e. The number of amides is 1. The quantitative estimate of drug-likeness (QED) is 0.800. The molecule has 1 aliphatic heterocycles. The van der Waals surface area contributed by atoms with Crippen LogP contribution < -0.4 is 0 Å². The Morgan fingerprint density at radius 2 is 1.72 bits per heavy atom. The summed E-state index contributed by atoms with van der Waals surface area (Å²) in [4.78, 5) is 13.9. The standard InChI is InChI=1S/C15H21NO2/c1-15(2,13-9-5-3-6-10-13)18-14(17)16-11-7-4-8-12-16/h3,5-6,9-10H,4,7-8,11-12H2,1-2H3. The number of nitrogens with zero attached hydrogens (tertiary/aromatic N) is 1. The van der Waals surface area contributed by atoms with Crippen molar-refractivity contribution in [2.24, 2.45) is 0 Å². The third kappa shape index (κ3) is 3.03. The highest BCUT2D eigenvalue weighted by atomic mass is 16.6. The molecule has 1 saturated heterocycles. The SMILES string of the molecule is CC(C)(OC(=O)N1CCCCC1)c1ccccc1. The summed E-state index contributed by atoms with van der Waals surface area (Å²) in [6, 6.07) is 9.87. The Morgan fingerprint density at radius 1 is 1.11 bits per heavy atom. The van der Waals surface area contributed by atoms with Crippen LogP contribution in [0.2, 0.25) is 0 Å². The van der Waals surface area contributed by atoms with Crippen LogP contribution in [0.1, 0.15) is 38.7 Å². The first-order valence-electron chi connectivity index (χ1n) is 6.63. The van der Waals surface area contributed by atoms with Crippen LogP contribution in [0, 0.1) is 0 Å². The highest BCUT2D eigenvalue weighted by Crippen LogP contribution is 2.25. The fourth-order valence-corrected chi connectivity index (χ4v) is 2.26. The minimum atomic E-state index is -0.574. The molecule has 0 aliphatic carbocycles. The van der Waals surface area contributed by atoms with Crippen molar-refractivity contribution < 1.29 is 9.53 Å². The van der Waals surface area contributed by atoms with Gasteiger partial charge in [-0.15, -0.1) is 0 Å². The molecule has 0 radical (unpaired) electrons. The molecule has 98 valence electrons. The maximum absolute atomic E-state index is 12.1. The monoisotopic (exact) mass is 247 g/mol. The van der Waals surface area contributed by atoms with Crippen LogP contribution in [0.5, 0.6) is 0 Å². The average Bonchev–Trinajstić information content (AvgIpc) is 2.40. The number of likely N-dealkylation sites (tertiary alicyclic amines) is 1. The molecule has 0 bridgehead atoms. The number of piperidine rings is 1. The first-order valence-corrected chi connectivity index (χ1v) is 6.63. The molecule has 18 heavy (non-hydrogen) atoms. The van der Waals surface area contributed by atoms with Gasteiger partial charge in [0.25, 0.3) is 0 Å². The van der Waals surface area contributed by atoms with E-state index in [0.29, 0.717) is 0 Å². The second-order valence-electron chi connectivity index (χ2n) is 5.29. The van der Waals surface area contributed by atoms with E-state index in [1.807, 2.05) is 49.1 Å². The van der Waals surface area contributed by atoms with Crippen molar-refractivity contribution in [2.45, 2.75) is 38.7 Å². The summed E-state index contributed by atoms with van der Waals surface area (Å²) in [5.41, 5.74) is 0.450. The molecular weight excluding hydrogens is 226 g/mol. The van der Waals surface area contributed by atoms with Gasteiger partial charge in [0.2, 0.25) is 0 Å². The van der Waals surface area contributed by atoms with Crippen LogP contribution in [0.3, 0.4) is 0 Å². The van der Waals surface area contributed by atoms with Crippen LogP contribution >= 0.6 is 0 Å². The van der Waals surface area contributed by atoms with Crippen molar-refractivity contribution >= 4 is 6.09 Å². The molecule has 0 unspecified atom stereocenters. The van der Waals surface area contributed by atoms with Gasteiger partial charge in [0, 0.05) is 13.1 Å². The lowest BCUT2D eigenvalue weighted by Crippen LogP contribution is -2.39. The van der Waals surface area contributed by atoms with E-state index in [0.717, 1.165) is 31.5 Å². The minimum Gasteiger partial charge on any atom is -0.438 e. The van der Waals surface area contributed by atoms with Crippen molar-refractivity contribution in [3.05, 3.63) is 35.9 Å². The zero-order valence-electron chi connectivity index (χ0n) is 11.2. The summed E-state index contributed by atoms with van der Waals surface area (Å²) >= 11 is 0. The topological polar surface area (TPSA) is 29.5 Å². The molecule has 1 aromatic rings. The summed E-state index contributed by atoms with van der Waals surface area (Å²) in [6.45, 7) is 5.52. The van der Waals surface area contributed by atoms with Gasteiger partial charge in [-0.1, -0.05) is 30.3 Å². The van der Waals surface area contributed by atoms with Crippen LogP contribution in [0.15, 0.2) is 30.3 Å². The summed E-state index contributed by atoms with van der Waals surface area (Å²) in [5, 5.41) is 0. The van der Waals surface area contributed by atoms with E-state index in [-0.39, 0.29) is 6.09 Å². The molecule has 0 spiro atoms. The number of carbonyl (C=O) groups is 1. The van der Waals surface area contributed by atoms with Gasteiger partial charge in [-0.2, -0.15) is 0 Å².